The lowest BCUT2D eigenvalue weighted by atomic mass is 9.88. The number of carbonyl (C=O) groups is 1. The number of phenolic OH excluding ortho intramolecular Hbond substituents is 1. The van der Waals surface area contributed by atoms with Gasteiger partial charge in [-0.25, -0.2) is 0 Å². The minimum absolute atomic E-state index is 0.0256. The zero-order valence-corrected chi connectivity index (χ0v) is 20.7. The van der Waals surface area contributed by atoms with E-state index < -0.39 is 0 Å². The number of allylic oxidation sites excluding steroid dienone is 1. The molecule has 2 N–H and O–H groups in total. The highest BCUT2D eigenvalue weighted by molar-refractivity contribution is 5.98. The van der Waals surface area contributed by atoms with E-state index in [2.05, 4.69) is 48.6 Å². The maximum Gasteiger partial charge on any atom is 0.245 e. The highest BCUT2D eigenvalue weighted by Gasteiger charge is 2.13. The molecular weight excluding hydrogens is 436 g/mol. The smallest absolute Gasteiger partial charge is 0.245 e. The molecule has 0 radical (unpaired) electrons. The molecule has 3 aromatic rings. The topological polar surface area (TPSA) is 61.8 Å². The molecule has 0 aliphatic rings. The molecule has 0 atom stereocenters. The van der Waals surface area contributed by atoms with Crippen molar-refractivity contribution in [1.29, 1.82) is 0 Å². The van der Waals surface area contributed by atoms with Gasteiger partial charge in [0.15, 0.2) is 0 Å². The summed E-state index contributed by atoms with van der Waals surface area (Å²) < 4.78 is 5.89. The third-order valence-electron chi connectivity index (χ3n) is 5.59. The summed E-state index contributed by atoms with van der Waals surface area (Å²) in [6.45, 7) is 3.98. The highest BCUT2D eigenvalue weighted by Crippen LogP contribution is 2.35. The Balaban J connectivity index is 1.71. The van der Waals surface area contributed by atoms with Crippen molar-refractivity contribution in [2.75, 3.05) is 33.8 Å². The molecule has 35 heavy (non-hydrogen) atoms. The van der Waals surface area contributed by atoms with Crippen LogP contribution in [-0.4, -0.2) is 49.7 Å². The van der Waals surface area contributed by atoms with E-state index in [4.69, 9.17) is 4.74 Å². The average Bonchev–Trinajstić information content (AvgIpc) is 2.88. The number of ether oxygens (including phenoxy) is 1. The van der Waals surface area contributed by atoms with E-state index in [9.17, 15) is 9.90 Å². The van der Waals surface area contributed by atoms with Crippen LogP contribution in [0.3, 0.4) is 0 Å². The summed E-state index contributed by atoms with van der Waals surface area (Å²) in [4.78, 5) is 13.0. The number of benzene rings is 3. The van der Waals surface area contributed by atoms with E-state index in [0.29, 0.717) is 19.7 Å². The van der Waals surface area contributed by atoms with Gasteiger partial charge in [0.2, 0.25) is 5.91 Å². The van der Waals surface area contributed by atoms with Gasteiger partial charge in [-0.15, -0.1) is 0 Å². The van der Waals surface area contributed by atoms with E-state index in [-0.39, 0.29) is 11.7 Å². The molecule has 1 amide bonds. The van der Waals surface area contributed by atoms with Crippen molar-refractivity contribution >= 4 is 17.1 Å². The van der Waals surface area contributed by atoms with Gasteiger partial charge in [0, 0.05) is 33.3 Å². The predicted molar refractivity (Wildman–Crippen MR) is 143 cm³/mol. The third kappa shape index (κ3) is 7.59. The second kappa shape index (κ2) is 13.2. The van der Waals surface area contributed by atoms with Crippen LogP contribution >= 0.6 is 0 Å². The lowest BCUT2D eigenvalue weighted by Gasteiger charge is -2.17. The summed E-state index contributed by atoms with van der Waals surface area (Å²) in [5.74, 6) is 1.03. The van der Waals surface area contributed by atoms with Crippen molar-refractivity contribution in [3.05, 3.63) is 108 Å². The van der Waals surface area contributed by atoms with Crippen LogP contribution in [0.5, 0.6) is 11.5 Å². The number of aromatic hydroxyl groups is 1. The van der Waals surface area contributed by atoms with Gasteiger partial charge in [-0.2, -0.15) is 0 Å². The second-order valence-electron chi connectivity index (χ2n) is 8.33. The number of hydrogen-bond acceptors (Lipinski definition) is 4. The van der Waals surface area contributed by atoms with Gasteiger partial charge in [0.1, 0.15) is 18.1 Å². The molecule has 0 saturated heterocycles. The molecule has 0 heterocycles. The average molecular weight is 471 g/mol. The van der Waals surface area contributed by atoms with Crippen molar-refractivity contribution in [2.45, 2.75) is 13.3 Å². The molecule has 0 fully saturated rings. The molecule has 0 aliphatic carbocycles. The summed E-state index contributed by atoms with van der Waals surface area (Å²) in [5.41, 5.74) is 5.73. The highest BCUT2D eigenvalue weighted by atomic mass is 16.5. The monoisotopic (exact) mass is 470 g/mol. The van der Waals surface area contributed by atoms with Crippen molar-refractivity contribution in [2.24, 2.45) is 0 Å². The van der Waals surface area contributed by atoms with Gasteiger partial charge < -0.3 is 20.1 Å². The van der Waals surface area contributed by atoms with Crippen molar-refractivity contribution in [1.82, 2.24) is 10.2 Å². The van der Waals surface area contributed by atoms with E-state index in [1.165, 1.54) is 16.0 Å². The maximum absolute atomic E-state index is 11.5. The summed E-state index contributed by atoms with van der Waals surface area (Å²) in [6, 6.07) is 25.9. The Labute approximate surface area is 208 Å². The first-order valence-corrected chi connectivity index (χ1v) is 11.9. The lowest BCUT2D eigenvalue weighted by Crippen LogP contribution is -2.22. The molecule has 3 rings (SSSR count). The summed E-state index contributed by atoms with van der Waals surface area (Å²) in [5, 5.41) is 13.0. The van der Waals surface area contributed by atoms with E-state index >= 15 is 0 Å². The number of carbonyl (C=O) groups excluding carboxylic acids is 1. The largest absolute Gasteiger partial charge is 0.508 e. The third-order valence-corrected chi connectivity index (χ3v) is 5.59. The number of hydrogen-bond donors (Lipinski definition) is 2. The predicted octanol–water partition coefficient (Wildman–Crippen LogP) is 5.37. The summed E-state index contributed by atoms with van der Waals surface area (Å²) in [7, 11) is 3.46. The van der Waals surface area contributed by atoms with Crippen LogP contribution in [0.4, 0.5) is 0 Å². The molecule has 5 nitrogen and oxygen atoms in total. The first-order valence-electron chi connectivity index (χ1n) is 11.9. The standard InChI is InChI=1S/C30H34N2O3/c1-4-28(23-9-6-5-7-10-23)30(24-12-16-26(33)17-13-24)25-14-18-27(19-15-25)35-22-21-31-20-8-11-29(34)32(2)3/h5-19,31,33H,4,20-22H2,1-3H3. The Hall–Kier alpha value is -3.83. The normalized spacial score (nSPS) is 11.9. The van der Waals surface area contributed by atoms with Crippen molar-refractivity contribution < 1.29 is 14.6 Å². The van der Waals surface area contributed by atoms with E-state index in [1.54, 1.807) is 32.3 Å². The van der Waals surface area contributed by atoms with Crippen molar-refractivity contribution in [3.63, 3.8) is 0 Å². The minimum Gasteiger partial charge on any atom is -0.508 e. The van der Waals surface area contributed by atoms with Crippen LogP contribution in [0, 0.1) is 0 Å². The zero-order valence-electron chi connectivity index (χ0n) is 20.7. The number of nitrogens with one attached hydrogen (secondary N) is 1. The number of phenols is 1. The van der Waals surface area contributed by atoms with Crippen LogP contribution in [-0.2, 0) is 4.79 Å². The van der Waals surface area contributed by atoms with Crippen LogP contribution < -0.4 is 10.1 Å². The van der Waals surface area contributed by atoms with Gasteiger partial charge in [0.05, 0.1) is 0 Å². The molecule has 182 valence electrons. The van der Waals surface area contributed by atoms with Gasteiger partial charge in [0.25, 0.3) is 0 Å². The van der Waals surface area contributed by atoms with Gasteiger partial charge in [-0.05, 0) is 58.5 Å². The van der Waals surface area contributed by atoms with Crippen LogP contribution in [0.25, 0.3) is 11.1 Å². The first kappa shape index (κ1) is 25.8. The Bertz CT molecular complexity index is 1130. The molecule has 0 spiro atoms. The Kier molecular flexibility index (Phi) is 9.69. The molecule has 0 aliphatic heterocycles. The maximum atomic E-state index is 11.5. The van der Waals surface area contributed by atoms with Crippen LogP contribution in [0.1, 0.15) is 30.0 Å². The molecule has 0 unspecified atom stereocenters. The number of likely N-dealkylation sites (N-methyl/N-ethyl adjacent to an activating group) is 1. The summed E-state index contributed by atoms with van der Waals surface area (Å²) in [6.07, 6.45) is 4.25. The second-order valence-corrected chi connectivity index (χ2v) is 8.33. The fraction of sp³-hybridized carbons (Fsp3) is 0.233. The molecule has 0 aromatic heterocycles. The molecule has 0 saturated carbocycles. The first-order chi connectivity index (χ1) is 17.0. The number of rotatable bonds is 11. The molecular formula is C30H34N2O3. The molecule has 3 aromatic carbocycles. The quantitative estimate of drug-likeness (QED) is 0.225. The Morgan fingerprint density at radius 3 is 2.14 bits per heavy atom. The Morgan fingerprint density at radius 1 is 0.914 bits per heavy atom. The van der Waals surface area contributed by atoms with Crippen LogP contribution in [0.2, 0.25) is 0 Å². The molecule has 5 heteroatoms. The van der Waals surface area contributed by atoms with Crippen LogP contribution in [0.15, 0.2) is 91.0 Å². The number of amides is 1. The van der Waals surface area contributed by atoms with E-state index in [1.807, 2.05) is 36.4 Å². The number of nitrogens with zero attached hydrogens (tertiary/aromatic N) is 1. The van der Waals surface area contributed by atoms with Gasteiger partial charge in [-0.3, -0.25) is 4.79 Å². The van der Waals surface area contributed by atoms with Gasteiger partial charge >= 0.3 is 0 Å². The molecule has 0 bridgehead atoms. The minimum atomic E-state index is -0.0256. The summed E-state index contributed by atoms with van der Waals surface area (Å²) >= 11 is 0. The zero-order chi connectivity index (χ0) is 25.0. The SMILES string of the molecule is CCC(=C(c1ccc(O)cc1)c1ccc(OCCNCC=CC(=O)N(C)C)cc1)c1ccccc1. The Morgan fingerprint density at radius 2 is 1.54 bits per heavy atom. The fourth-order valence-electron chi connectivity index (χ4n) is 3.76. The van der Waals surface area contributed by atoms with E-state index in [0.717, 1.165) is 28.9 Å². The lowest BCUT2D eigenvalue weighted by molar-refractivity contribution is -0.123. The van der Waals surface area contributed by atoms with Crippen molar-refractivity contribution in [3.8, 4) is 11.5 Å². The van der Waals surface area contributed by atoms with Gasteiger partial charge in [-0.1, -0.05) is 67.6 Å². The fourth-order valence-corrected chi connectivity index (χ4v) is 3.76.